The molecule has 0 spiro atoms. The van der Waals surface area contributed by atoms with Crippen LogP contribution in [0.2, 0.25) is 0 Å². The molecule has 1 nitrogen and oxygen atoms in total. The normalized spacial score (nSPS) is 16.4. The minimum absolute atomic E-state index is 0.203. The Hall–Kier alpha value is -3.39. The molecule has 3 aromatic rings. The zero-order valence-electron chi connectivity index (χ0n) is 21.7. The van der Waals surface area contributed by atoms with Crippen LogP contribution >= 0.6 is 0 Å². The lowest BCUT2D eigenvalue weighted by Crippen LogP contribution is -2.40. The molecule has 40 heavy (non-hydrogen) atoms. The van der Waals surface area contributed by atoms with Gasteiger partial charge in [-0.05, 0) is 88.4 Å². The first kappa shape index (κ1) is 28.1. The van der Waals surface area contributed by atoms with Crippen LogP contribution in [0.4, 0.5) is 30.7 Å². The van der Waals surface area contributed by atoms with Crippen LogP contribution in [-0.2, 0) is 18.8 Å². The fourth-order valence-corrected chi connectivity index (χ4v) is 5.58. The molecule has 8 heteroatoms. The average molecular weight is 560 g/mol. The van der Waals surface area contributed by atoms with Gasteiger partial charge in [0.15, 0.2) is 0 Å². The van der Waals surface area contributed by atoms with E-state index in [2.05, 4.69) is 4.90 Å². The Labute approximate surface area is 228 Å². The number of hydrogen-bond donors (Lipinski definition) is 0. The van der Waals surface area contributed by atoms with Gasteiger partial charge in [0, 0.05) is 19.6 Å². The second kappa shape index (κ2) is 11.2. The number of aryl methyl sites for hydroxylation is 1. The Bertz CT molecular complexity index is 1420. The van der Waals surface area contributed by atoms with Gasteiger partial charge >= 0.3 is 12.4 Å². The Morgan fingerprint density at radius 2 is 1.50 bits per heavy atom. The van der Waals surface area contributed by atoms with Crippen molar-refractivity contribution in [2.24, 2.45) is 0 Å². The summed E-state index contributed by atoms with van der Waals surface area (Å²) in [5.74, 6) is 0. The van der Waals surface area contributed by atoms with E-state index in [0.29, 0.717) is 55.1 Å². The van der Waals surface area contributed by atoms with E-state index < -0.39 is 29.0 Å². The van der Waals surface area contributed by atoms with Gasteiger partial charge in [0.2, 0.25) is 0 Å². The molecule has 1 aliphatic heterocycles. The number of rotatable bonds is 6. The van der Waals surface area contributed by atoms with Gasteiger partial charge in [0.05, 0.1) is 17.8 Å². The zero-order valence-corrected chi connectivity index (χ0v) is 21.7. The third-order valence-corrected chi connectivity index (χ3v) is 7.47. The lowest BCUT2D eigenvalue weighted by atomic mass is 9.85. The standard InChI is InChI=1S/C32H28F7N/c33-15-4-16-40-19-22(20-40)17-21-9-11-24(12-10-21)30-26-7-2-1-5-23(26)6-3-8-27(30)28-18-25(31(34,35)36)13-14-29(28)32(37,38)39/h1-2,5,7,9-14,17-18H,3-4,6,8,15-16,19-20H2. The summed E-state index contributed by atoms with van der Waals surface area (Å²) in [4.78, 5) is 2.15. The van der Waals surface area contributed by atoms with Crippen LogP contribution in [0.5, 0.6) is 0 Å². The number of likely N-dealkylation sites (tertiary alicyclic amines) is 1. The molecule has 0 radical (unpaired) electrons. The fourth-order valence-electron chi connectivity index (χ4n) is 5.58. The van der Waals surface area contributed by atoms with Gasteiger partial charge in [-0.2, -0.15) is 26.3 Å². The van der Waals surface area contributed by atoms with Crippen molar-refractivity contribution in [1.82, 2.24) is 4.90 Å². The van der Waals surface area contributed by atoms with Crippen molar-refractivity contribution in [2.75, 3.05) is 26.3 Å². The molecule has 0 saturated carbocycles. The molecule has 1 saturated heterocycles. The van der Waals surface area contributed by atoms with Gasteiger partial charge in [-0.15, -0.1) is 0 Å². The van der Waals surface area contributed by atoms with Gasteiger partial charge in [0.25, 0.3) is 0 Å². The SMILES string of the molecule is FCCCN1CC(=Cc2ccc(C3=C(c4cc(C(F)(F)F)ccc4C(F)(F)F)CCCc4ccccc43)cc2)C1. The summed E-state index contributed by atoms with van der Waals surface area (Å²) < 4.78 is 95.8. The molecule has 5 rings (SSSR count). The summed E-state index contributed by atoms with van der Waals surface area (Å²) in [5, 5.41) is 0. The van der Waals surface area contributed by atoms with Crippen LogP contribution in [0.15, 0.2) is 72.3 Å². The summed E-state index contributed by atoms with van der Waals surface area (Å²) in [6, 6.07) is 16.5. The van der Waals surface area contributed by atoms with E-state index in [9.17, 15) is 30.7 Å². The maximum absolute atomic E-state index is 14.1. The average Bonchev–Trinajstić information content (AvgIpc) is 3.08. The molecule has 0 amide bonds. The lowest BCUT2D eigenvalue weighted by Gasteiger charge is -2.33. The van der Waals surface area contributed by atoms with Crippen molar-refractivity contribution in [3.63, 3.8) is 0 Å². The Morgan fingerprint density at radius 3 is 2.17 bits per heavy atom. The number of allylic oxidation sites excluding steroid dienone is 1. The Morgan fingerprint density at radius 1 is 0.775 bits per heavy atom. The van der Waals surface area contributed by atoms with E-state index in [0.717, 1.165) is 29.8 Å². The molecule has 1 heterocycles. The lowest BCUT2D eigenvalue weighted by molar-refractivity contribution is -0.141. The minimum Gasteiger partial charge on any atom is -0.295 e. The maximum atomic E-state index is 14.1. The predicted molar refractivity (Wildman–Crippen MR) is 143 cm³/mol. The summed E-state index contributed by atoms with van der Waals surface area (Å²) in [6.07, 6.45) is -5.74. The van der Waals surface area contributed by atoms with Crippen molar-refractivity contribution >= 4 is 17.2 Å². The molecule has 0 unspecified atom stereocenters. The smallest absolute Gasteiger partial charge is 0.295 e. The fraction of sp³-hybridized carbons (Fsp3) is 0.312. The van der Waals surface area contributed by atoms with Gasteiger partial charge in [-0.1, -0.05) is 54.6 Å². The second-order valence-electron chi connectivity index (χ2n) is 10.3. The third-order valence-electron chi connectivity index (χ3n) is 7.47. The van der Waals surface area contributed by atoms with Crippen molar-refractivity contribution in [2.45, 2.75) is 38.0 Å². The molecule has 3 aromatic carbocycles. The monoisotopic (exact) mass is 559 g/mol. The van der Waals surface area contributed by atoms with E-state index in [1.807, 2.05) is 48.5 Å². The maximum Gasteiger partial charge on any atom is 0.416 e. The summed E-state index contributed by atoms with van der Waals surface area (Å²) in [6.45, 7) is 1.89. The summed E-state index contributed by atoms with van der Waals surface area (Å²) in [5.41, 5.74) is 2.62. The first-order chi connectivity index (χ1) is 19.0. The minimum atomic E-state index is -4.82. The molecule has 0 N–H and O–H groups in total. The van der Waals surface area contributed by atoms with E-state index >= 15 is 0 Å². The molecule has 210 valence electrons. The predicted octanol–water partition coefficient (Wildman–Crippen LogP) is 9.08. The third kappa shape index (κ3) is 6.02. The zero-order chi connectivity index (χ0) is 28.5. The van der Waals surface area contributed by atoms with Crippen LogP contribution in [0.3, 0.4) is 0 Å². The van der Waals surface area contributed by atoms with Crippen molar-refractivity contribution in [1.29, 1.82) is 0 Å². The van der Waals surface area contributed by atoms with E-state index in [1.54, 1.807) is 6.07 Å². The van der Waals surface area contributed by atoms with E-state index in [1.165, 1.54) is 5.57 Å². The highest BCUT2D eigenvalue weighted by atomic mass is 19.4. The first-order valence-corrected chi connectivity index (χ1v) is 13.2. The quantitative estimate of drug-likeness (QED) is 0.272. The second-order valence-corrected chi connectivity index (χ2v) is 10.3. The van der Waals surface area contributed by atoms with E-state index in [-0.39, 0.29) is 18.7 Å². The molecule has 2 aliphatic rings. The van der Waals surface area contributed by atoms with Gasteiger partial charge in [-0.25, -0.2) is 0 Å². The highest BCUT2D eigenvalue weighted by Crippen LogP contribution is 2.45. The number of nitrogens with zero attached hydrogens (tertiary/aromatic N) is 1. The number of alkyl halides is 7. The van der Waals surface area contributed by atoms with Crippen LogP contribution in [0, 0.1) is 0 Å². The van der Waals surface area contributed by atoms with E-state index in [4.69, 9.17) is 0 Å². The summed E-state index contributed by atoms with van der Waals surface area (Å²) >= 11 is 0. The van der Waals surface area contributed by atoms with Crippen LogP contribution < -0.4 is 0 Å². The van der Waals surface area contributed by atoms with Crippen LogP contribution in [0.1, 0.15) is 58.2 Å². The molecular weight excluding hydrogens is 531 g/mol. The number of benzene rings is 3. The molecule has 0 aromatic heterocycles. The van der Waals surface area contributed by atoms with Gasteiger partial charge in [0.1, 0.15) is 0 Å². The number of fused-ring (bicyclic) bond motifs is 1. The molecule has 1 aliphatic carbocycles. The Kier molecular flexibility index (Phi) is 7.91. The van der Waals surface area contributed by atoms with Crippen LogP contribution in [0.25, 0.3) is 17.2 Å². The topological polar surface area (TPSA) is 3.24 Å². The molecule has 1 fully saturated rings. The molecular formula is C32H28F7N. The Balaban J connectivity index is 1.62. The number of hydrogen-bond acceptors (Lipinski definition) is 1. The molecule has 0 bridgehead atoms. The van der Waals surface area contributed by atoms with Crippen molar-refractivity contribution < 1.29 is 30.7 Å². The van der Waals surface area contributed by atoms with Crippen molar-refractivity contribution in [3.05, 3.63) is 111 Å². The molecule has 0 atom stereocenters. The largest absolute Gasteiger partial charge is 0.416 e. The highest BCUT2D eigenvalue weighted by molar-refractivity contribution is 6.00. The first-order valence-electron chi connectivity index (χ1n) is 13.2. The summed E-state index contributed by atoms with van der Waals surface area (Å²) in [7, 11) is 0. The number of halogens is 7. The highest BCUT2D eigenvalue weighted by Gasteiger charge is 2.38. The van der Waals surface area contributed by atoms with Gasteiger partial charge < -0.3 is 0 Å². The van der Waals surface area contributed by atoms with Crippen LogP contribution in [-0.4, -0.2) is 31.2 Å². The van der Waals surface area contributed by atoms with Crippen molar-refractivity contribution in [3.8, 4) is 0 Å². The van der Waals surface area contributed by atoms with Gasteiger partial charge in [-0.3, -0.25) is 9.29 Å².